The van der Waals surface area contributed by atoms with Gasteiger partial charge in [0.1, 0.15) is 0 Å². The van der Waals surface area contributed by atoms with Gasteiger partial charge in [-0.25, -0.2) is 8.42 Å². The number of nitrogens with one attached hydrogen (secondary N) is 3. The number of hydrazine groups is 1. The van der Waals surface area contributed by atoms with Crippen molar-refractivity contribution in [1.82, 2.24) is 15.6 Å². The van der Waals surface area contributed by atoms with E-state index in [1.807, 2.05) is 24.3 Å². The molecule has 0 amide bonds. The lowest BCUT2D eigenvalue weighted by molar-refractivity contribution is 0.577. The predicted octanol–water partition coefficient (Wildman–Crippen LogP) is 1.13. The van der Waals surface area contributed by atoms with E-state index in [1.54, 1.807) is 25.2 Å². The molecule has 0 aromatic heterocycles. The Morgan fingerprint density at radius 3 is 2.47 bits per heavy atom. The summed E-state index contributed by atoms with van der Waals surface area (Å²) in [5, 5.41) is 4.66. The van der Waals surface area contributed by atoms with E-state index in [-0.39, 0.29) is 10.0 Å². The molecule has 0 aliphatic carbocycles. The Bertz CT molecular complexity index is 714. The first-order chi connectivity index (χ1) is 9.03. The topological polar surface area (TPSA) is 70.2 Å². The van der Waals surface area contributed by atoms with E-state index in [9.17, 15) is 8.42 Å². The number of benzene rings is 2. The van der Waals surface area contributed by atoms with Gasteiger partial charge in [0, 0.05) is 7.05 Å². The molecule has 0 saturated heterocycles. The van der Waals surface area contributed by atoms with Gasteiger partial charge in [0.25, 0.3) is 10.0 Å². The van der Waals surface area contributed by atoms with Crippen LogP contribution in [0.2, 0.25) is 0 Å². The number of fused-ring (bicyclic) bond motifs is 1. The van der Waals surface area contributed by atoms with E-state index in [0.29, 0.717) is 0 Å². The highest BCUT2D eigenvalue weighted by Gasteiger charge is 2.14. The fraction of sp³-hybridized carbons (Fsp3) is 0.0833. The molecular formula is C12H13N3O2S2. The van der Waals surface area contributed by atoms with Gasteiger partial charge in [0.05, 0.1) is 4.90 Å². The second-order valence-corrected chi connectivity index (χ2v) is 5.91. The van der Waals surface area contributed by atoms with Gasteiger partial charge in [-0.1, -0.05) is 30.3 Å². The van der Waals surface area contributed by atoms with Crippen molar-refractivity contribution in [3.05, 3.63) is 42.5 Å². The molecule has 0 saturated carbocycles. The molecule has 0 heterocycles. The van der Waals surface area contributed by atoms with E-state index in [1.165, 1.54) is 0 Å². The van der Waals surface area contributed by atoms with Crippen molar-refractivity contribution >= 4 is 38.1 Å². The zero-order valence-corrected chi connectivity index (χ0v) is 11.8. The Balaban J connectivity index is 2.30. The van der Waals surface area contributed by atoms with Crippen molar-refractivity contribution in [3.63, 3.8) is 0 Å². The van der Waals surface area contributed by atoms with Gasteiger partial charge in [-0.3, -0.25) is 5.43 Å². The number of sulfonamides is 1. The second-order valence-electron chi connectivity index (χ2n) is 3.82. The molecule has 19 heavy (non-hydrogen) atoms. The first-order valence-electron chi connectivity index (χ1n) is 5.51. The summed E-state index contributed by atoms with van der Waals surface area (Å²) in [4.78, 5) is 2.39. The van der Waals surface area contributed by atoms with E-state index < -0.39 is 10.0 Å². The van der Waals surface area contributed by atoms with Gasteiger partial charge >= 0.3 is 0 Å². The standard InChI is InChI=1S/C12H13N3O2S2/c1-13-12(18)14-15-19(16,17)11-7-6-9-4-2-3-5-10(9)8-11/h2-8,15H,1H3,(H2,13,14,18). The van der Waals surface area contributed by atoms with Crippen LogP contribution in [0.5, 0.6) is 0 Å². The largest absolute Gasteiger partial charge is 0.365 e. The quantitative estimate of drug-likeness (QED) is 0.585. The first-order valence-corrected chi connectivity index (χ1v) is 7.40. The molecule has 2 aromatic carbocycles. The smallest absolute Gasteiger partial charge is 0.257 e. The van der Waals surface area contributed by atoms with Crippen LogP contribution in [-0.2, 0) is 10.0 Å². The maximum atomic E-state index is 12.0. The van der Waals surface area contributed by atoms with Gasteiger partial charge in [-0.05, 0) is 35.1 Å². The van der Waals surface area contributed by atoms with Crippen LogP contribution in [0, 0.1) is 0 Å². The molecule has 0 bridgehead atoms. The van der Waals surface area contributed by atoms with Crippen LogP contribution in [0.25, 0.3) is 10.8 Å². The molecule has 3 N–H and O–H groups in total. The third kappa shape index (κ3) is 3.19. The normalized spacial score (nSPS) is 11.2. The van der Waals surface area contributed by atoms with Crippen LogP contribution < -0.4 is 15.6 Å². The molecule has 2 rings (SSSR count). The van der Waals surface area contributed by atoms with E-state index >= 15 is 0 Å². The fourth-order valence-corrected chi connectivity index (χ4v) is 2.57. The van der Waals surface area contributed by atoms with Crippen LogP contribution >= 0.6 is 12.2 Å². The Kier molecular flexibility index (Phi) is 3.98. The average Bonchev–Trinajstić information content (AvgIpc) is 2.44. The van der Waals surface area contributed by atoms with Crippen LogP contribution in [0.1, 0.15) is 0 Å². The average molecular weight is 295 g/mol. The van der Waals surface area contributed by atoms with Crippen LogP contribution in [0.15, 0.2) is 47.4 Å². The summed E-state index contributed by atoms with van der Waals surface area (Å²) in [5.74, 6) is 0. The summed E-state index contributed by atoms with van der Waals surface area (Å²) in [6.45, 7) is 0. The number of hydrogen-bond acceptors (Lipinski definition) is 3. The zero-order chi connectivity index (χ0) is 13.9. The molecule has 0 aliphatic rings. The molecule has 5 nitrogen and oxygen atoms in total. The summed E-state index contributed by atoms with van der Waals surface area (Å²) in [7, 11) is -2.05. The second kappa shape index (κ2) is 5.52. The molecule has 0 unspecified atom stereocenters. The maximum Gasteiger partial charge on any atom is 0.257 e. The summed E-state index contributed by atoms with van der Waals surface area (Å²) in [5.41, 5.74) is 2.40. The number of thiocarbonyl (C=S) groups is 1. The van der Waals surface area contributed by atoms with Gasteiger partial charge < -0.3 is 5.32 Å². The SMILES string of the molecule is CNC(=S)NNS(=O)(=O)c1ccc2ccccc2c1. The van der Waals surface area contributed by atoms with Crippen molar-refractivity contribution in [2.24, 2.45) is 0 Å². The zero-order valence-electron chi connectivity index (χ0n) is 10.2. The minimum atomic E-state index is -3.65. The van der Waals surface area contributed by atoms with Crippen molar-refractivity contribution in [2.45, 2.75) is 4.90 Å². The summed E-state index contributed by atoms with van der Waals surface area (Å²) < 4.78 is 24.1. The fourth-order valence-electron chi connectivity index (χ4n) is 1.57. The van der Waals surface area contributed by atoms with Gasteiger partial charge in [0.15, 0.2) is 5.11 Å². The Morgan fingerprint density at radius 2 is 1.79 bits per heavy atom. The molecule has 0 radical (unpaired) electrons. The summed E-state index contributed by atoms with van der Waals surface area (Å²) in [6.07, 6.45) is 0. The minimum Gasteiger partial charge on any atom is -0.365 e. The van der Waals surface area contributed by atoms with Gasteiger partial charge in [-0.2, -0.15) is 0 Å². The molecule has 0 fully saturated rings. The molecule has 7 heteroatoms. The summed E-state index contributed by atoms with van der Waals surface area (Å²) >= 11 is 4.80. The lowest BCUT2D eigenvalue weighted by Gasteiger charge is -2.10. The Morgan fingerprint density at radius 1 is 1.11 bits per heavy atom. The van der Waals surface area contributed by atoms with E-state index in [0.717, 1.165) is 10.8 Å². The van der Waals surface area contributed by atoms with Crippen molar-refractivity contribution in [2.75, 3.05) is 7.05 Å². The van der Waals surface area contributed by atoms with E-state index in [2.05, 4.69) is 15.6 Å². The van der Waals surface area contributed by atoms with Crippen molar-refractivity contribution in [3.8, 4) is 0 Å². The molecule has 2 aromatic rings. The number of rotatable bonds is 3. The molecular weight excluding hydrogens is 282 g/mol. The third-order valence-corrected chi connectivity index (χ3v) is 4.11. The van der Waals surface area contributed by atoms with E-state index in [4.69, 9.17) is 12.2 Å². The molecule has 100 valence electrons. The molecule has 0 atom stereocenters. The van der Waals surface area contributed by atoms with Crippen LogP contribution in [0.4, 0.5) is 0 Å². The molecule has 0 spiro atoms. The lowest BCUT2D eigenvalue weighted by atomic mass is 10.1. The van der Waals surface area contributed by atoms with Gasteiger partial charge in [-0.15, -0.1) is 4.83 Å². The minimum absolute atomic E-state index is 0.178. The van der Waals surface area contributed by atoms with Gasteiger partial charge in [0.2, 0.25) is 0 Å². The van der Waals surface area contributed by atoms with Crippen molar-refractivity contribution < 1.29 is 8.42 Å². The highest BCUT2D eigenvalue weighted by molar-refractivity contribution is 7.89. The first kappa shape index (κ1) is 13.7. The lowest BCUT2D eigenvalue weighted by Crippen LogP contribution is -2.45. The van der Waals surface area contributed by atoms with Crippen LogP contribution in [-0.4, -0.2) is 20.6 Å². The Hall–Kier alpha value is -1.70. The maximum absolute atomic E-state index is 12.0. The monoisotopic (exact) mass is 295 g/mol. The molecule has 0 aliphatic heterocycles. The Labute approximate surface area is 117 Å². The van der Waals surface area contributed by atoms with Crippen LogP contribution in [0.3, 0.4) is 0 Å². The summed E-state index contributed by atoms with van der Waals surface area (Å²) in [6, 6.07) is 12.5. The predicted molar refractivity (Wildman–Crippen MR) is 79.1 cm³/mol. The third-order valence-electron chi connectivity index (χ3n) is 2.56. The van der Waals surface area contributed by atoms with Crippen molar-refractivity contribution in [1.29, 1.82) is 0 Å². The highest BCUT2D eigenvalue weighted by Crippen LogP contribution is 2.18. The highest BCUT2D eigenvalue weighted by atomic mass is 32.2. The number of hydrogen-bond donors (Lipinski definition) is 3.